The zero-order valence-electron chi connectivity index (χ0n) is 7.06. The first-order chi connectivity index (χ1) is 6.04. The van der Waals surface area contributed by atoms with Crippen LogP contribution in [0.25, 0.3) is 0 Å². The summed E-state index contributed by atoms with van der Waals surface area (Å²) in [5, 5.41) is 17.7. The lowest BCUT2D eigenvalue weighted by molar-refractivity contribution is -0.145. The van der Waals surface area contributed by atoms with Gasteiger partial charge < -0.3 is 10.2 Å². The molecule has 0 spiro atoms. The van der Waals surface area contributed by atoms with E-state index in [2.05, 4.69) is 6.58 Å². The fourth-order valence-corrected chi connectivity index (χ4v) is 1.63. The van der Waals surface area contributed by atoms with Crippen LogP contribution in [0, 0.1) is 0 Å². The summed E-state index contributed by atoms with van der Waals surface area (Å²) in [5.41, 5.74) is -1.41. The maximum absolute atomic E-state index is 10.9. The summed E-state index contributed by atoms with van der Waals surface area (Å²) in [5.74, 6) is -1.15. The van der Waals surface area contributed by atoms with E-state index in [1.807, 2.05) is 0 Å². The van der Waals surface area contributed by atoms with E-state index < -0.39 is 17.6 Å². The minimum atomic E-state index is -1.41. The number of aliphatic carboxylic acids is 1. The maximum atomic E-state index is 10.9. The van der Waals surface area contributed by atoms with Crippen LogP contribution in [0.1, 0.15) is 12.8 Å². The van der Waals surface area contributed by atoms with Gasteiger partial charge in [0, 0.05) is 6.54 Å². The van der Waals surface area contributed by atoms with Gasteiger partial charge in [-0.15, -0.1) is 6.58 Å². The molecule has 1 fully saturated rings. The normalized spacial score (nSPS) is 27.2. The lowest BCUT2D eigenvalue weighted by Crippen LogP contribution is -2.51. The minimum absolute atomic E-state index is 0.258. The van der Waals surface area contributed by atoms with Crippen LogP contribution >= 0.6 is 0 Å². The average Bonchev–Trinajstić information content (AvgIpc) is 2.48. The fraction of sp³-hybridized carbons (Fsp3) is 0.500. The van der Waals surface area contributed by atoms with Gasteiger partial charge in [-0.1, -0.05) is 6.08 Å². The van der Waals surface area contributed by atoms with Crippen LogP contribution in [-0.4, -0.2) is 39.3 Å². The highest BCUT2D eigenvalue weighted by Gasteiger charge is 2.47. The first kappa shape index (κ1) is 9.57. The predicted octanol–water partition coefficient (Wildman–Crippen LogP) is 0.770. The van der Waals surface area contributed by atoms with Crippen molar-refractivity contribution in [1.29, 1.82) is 0 Å². The van der Waals surface area contributed by atoms with Crippen molar-refractivity contribution < 1.29 is 19.8 Å². The van der Waals surface area contributed by atoms with E-state index in [-0.39, 0.29) is 6.54 Å². The summed E-state index contributed by atoms with van der Waals surface area (Å²) in [6, 6.07) is 0. The molecule has 2 N–H and O–H groups in total. The molecule has 1 rings (SSSR count). The molecule has 0 radical (unpaired) electrons. The van der Waals surface area contributed by atoms with Gasteiger partial charge in [0.15, 0.2) is 5.54 Å². The highest BCUT2D eigenvalue weighted by molar-refractivity contribution is 5.86. The van der Waals surface area contributed by atoms with Crippen LogP contribution in [-0.2, 0) is 4.79 Å². The molecule has 72 valence electrons. The number of amides is 1. The van der Waals surface area contributed by atoms with Crippen molar-refractivity contribution in [1.82, 2.24) is 4.90 Å². The van der Waals surface area contributed by atoms with Crippen LogP contribution in [0.2, 0.25) is 0 Å². The number of likely N-dealkylation sites (tertiary alicyclic amines) is 1. The van der Waals surface area contributed by atoms with Crippen molar-refractivity contribution in [2.75, 3.05) is 6.54 Å². The molecule has 1 heterocycles. The van der Waals surface area contributed by atoms with E-state index >= 15 is 0 Å². The largest absolute Gasteiger partial charge is 0.479 e. The Kier molecular flexibility index (Phi) is 2.27. The predicted molar refractivity (Wildman–Crippen MR) is 44.5 cm³/mol. The van der Waals surface area contributed by atoms with Gasteiger partial charge in [-0.3, -0.25) is 4.90 Å². The molecule has 0 aromatic rings. The molecule has 1 aliphatic rings. The maximum Gasteiger partial charge on any atom is 0.408 e. The van der Waals surface area contributed by atoms with E-state index in [1.54, 1.807) is 0 Å². The minimum Gasteiger partial charge on any atom is -0.479 e. The van der Waals surface area contributed by atoms with Crippen LogP contribution < -0.4 is 0 Å². The molecule has 0 aromatic heterocycles. The Balaban J connectivity index is 3.03. The number of carboxylic acid groups (broad SMARTS) is 2. The molecule has 1 amide bonds. The van der Waals surface area contributed by atoms with Gasteiger partial charge in [-0.25, -0.2) is 9.59 Å². The van der Waals surface area contributed by atoms with Gasteiger partial charge in [-0.2, -0.15) is 0 Å². The molecule has 1 aliphatic heterocycles. The summed E-state index contributed by atoms with van der Waals surface area (Å²) in [7, 11) is 0. The van der Waals surface area contributed by atoms with Crippen LogP contribution in [0.4, 0.5) is 4.79 Å². The fourth-order valence-electron chi connectivity index (χ4n) is 1.63. The number of hydrogen-bond donors (Lipinski definition) is 2. The summed E-state index contributed by atoms with van der Waals surface area (Å²) >= 11 is 0. The van der Waals surface area contributed by atoms with Crippen molar-refractivity contribution in [2.24, 2.45) is 0 Å². The molecule has 1 atom stereocenters. The summed E-state index contributed by atoms with van der Waals surface area (Å²) in [6.45, 7) is 3.64. The van der Waals surface area contributed by atoms with E-state index in [0.717, 1.165) is 4.90 Å². The second-order valence-electron chi connectivity index (χ2n) is 2.97. The van der Waals surface area contributed by atoms with E-state index in [1.165, 1.54) is 6.08 Å². The number of rotatable bonds is 2. The zero-order chi connectivity index (χ0) is 10.1. The number of carbonyl (C=O) groups is 2. The number of nitrogens with zero attached hydrogens (tertiary/aromatic N) is 1. The zero-order valence-corrected chi connectivity index (χ0v) is 7.06. The highest BCUT2D eigenvalue weighted by Crippen LogP contribution is 2.30. The SMILES string of the molecule is C=C[C@]1(C(=O)O)CCCN1C(=O)O. The molecular weight excluding hydrogens is 174 g/mol. The lowest BCUT2D eigenvalue weighted by atomic mass is 9.97. The first-order valence-electron chi connectivity index (χ1n) is 3.92. The molecule has 0 aromatic carbocycles. The summed E-state index contributed by atoms with van der Waals surface area (Å²) in [6.07, 6.45) is 0.846. The second-order valence-corrected chi connectivity index (χ2v) is 2.97. The van der Waals surface area contributed by atoms with Crippen molar-refractivity contribution >= 4 is 12.1 Å². The third kappa shape index (κ3) is 1.26. The number of hydrogen-bond acceptors (Lipinski definition) is 2. The number of carboxylic acids is 1. The molecular formula is C8H11NO4. The first-order valence-corrected chi connectivity index (χ1v) is 3.92. The van der Waals surface area contributed by atoms with Crippen LogP contribution in [0.3, 0.4) is 0 Å². The lowest BCUT2D eigenvalue weighted by Gasteiger charge is -2.29. The quantitative estimate of drug-likeness (QED) is 0.623. The second kappa shape index (κ2) is 3.08. The van der Waals surface area contributed by atoms with Gasteiger partial charge in [0.1, 0.15) is 0 Å². The average molecular weight is 185 g/mol. The van der Waals surface area contributed by atoms with Gasteiger partial charge in [0.2, 0.25) is 0 Å². The molecule has 0 saturated carbocycles. The smallest absolute Gasteiger partial charge is 0.408 e. The Morgan fingerprint density at radius 1 is 1.46 bits per heavy atom. The van der Waals surface area contributed by atoms with E-state index in [9.17, 15) is 9.59 Å². The molecule has 1 saturated heterocycles. The van der Waals surface area contributed by atoms with Crippen molar-refractivity contribution in [2.45, 2.75) is 18.4 Å². The van der Waals surface area contributed by atoms with Gasteiger partial charge >= 0.3 is 12.1 Å². The Morgan fingerprint density at radius 3 is 2.38 bits per heavy atom. The van der Waals surface area contributed by atoms with Crippen molar-refractivity contribution in [3.05, 3.63) is 12.7 Å². The Labute approximate surface area is 75.3 Å². The topological polar surface area (TPSA) is 77.8 Å². The van der Waals surface area contributed by atoms with E-state index in [4.69, 9.17) is 10.2 Å². The highest BCUT2D eigenvalue weighted by atomic mass is 16.4. The third-order valence-corrected chi connectivity index (χ3v) is 2.36. The van der Waals surface area contributed by atoms with Crippen LogP contribution in [0.15, 0.2) is 12.7 Å². The molecule has 5 nitrogen and oxygen atoms in total. The van der Waals surface area contributed by atoms with Crippen molar-refractivity contribution in [3.8, 4) is 0 Å². The monoisotopic (exact) mass is 185 g/mol. The van der Waals surface area contributed by atoms with Gasteiger partial charge in [0.05, 0.1) is 0 Å². The van der Waals surface area contributed by atoms with Gasteiger partial charge in [-0.05, 0) is 12.8 Å². The van der Waals surface area contributed by atoms with Crippen LogP contribution in [0.5, 0.6) is 0 Å². The molecule has 0 unspecified atom stereocenters. The summed E-state index contributed by atoms with van der Waals surface area (Å²) in [4.78, 5) is 22.5. The molecule has 13 heavy (non-hydrogen) atoms. The Bertz CT molecular complexity index is 263. The molecule has 0 bridgehead atoms. The van der Waals surface area contributed by atoms with Gasteiger partial charge in [0.25, 0.3) is 0 Å². The Hall–Kier alpha value is -1.52. The summed E-state index contributed by atoms with van der Waals surface area (Å²) < 4.78 is 0. The Morgan fingerprint density at radius 2 is 2.08 bits per heavy atom. The molecule has 5 heteroatoms. The van der Waals surface area contributed by atoms with E-state index in [0.29, 0.717) is 12.8 Å². The third-order valence-electron chi connectivity index (χ3n) is 2.36. The standard InChI is InChI=1S/C8H11NO4/c1-2-8(6(10)11)4-3-5-9(8)7(12)13/h2H,1,3-5H2,(H,10,11)(H,12,13)/t8-/m1/s1. The van der Waals surface area contributed by atoms with Crippen molar-refractivity contribution in [3.63, 3.8) is 0 Å². The molecule has 0 aliphatic carbocycles.